The average Bonchev–Trinajstić information content (AvgIpc) is 2.86. The molecule has 1 heterocycles. The molecule has 0 atom stereocenters. The molecule has 0 radical (unpaired) electrons. The molecule has 2 aromatic rings. The van der Waals surface area contributed by atoms with E-state index in [0.717, 1.165) is 5.69 Å². The molecule has 120 valence electrons. The molecule has 0 fully saturated rings. The molecule has 0 bridgehead atoms. The number of rotatable bonds is 6. The van der Waals surface area contributed by atoms with E-state index in [2.05, 4.69) is 9.82 Å². The molecule has 2 rings (SSSR count). The van der Waals surface area contributed by atoms with Crippen LogP contribution in [0.25, 0.3) is 0 Å². The van der Waals surface area contributed by atoms with Crippen LogP contribution in [-0.2, 0) is 16.6 Å². The van der Waals surface area contributed by atoms with Crippen LogP contribution < -0.4 is 14.2 Å². The predicted molar refractivity (Wildman–Crippen MR) is 83.0 cm³/mol. The summed E-state index contributed by atoms with van der Waals surface area (Å²) in [6.07, 6.45) is 1.49. The molecule has 0 saturated heterocycles. The number of benzene rings is 1. The van der Waals surface area contributed by atoms with Crippen molar-refractivity contribution in [3.8, 4) is 11.5 Å². The van der Waals surface area contributed by atoms with Crippen molar-refractivity contribution in [2.45, 2.75) is 25.3 Å². The topological polar surface area (TPSA) is 82.5 Å². The maximum absolute atomic E-state index is 12.6. The van der Waals surface area contributed by atoms with Gasteiger partial charge in [-0.2, -0.15) is 5.10 Å². The summed E-state index contributed by atoms with van der Waals surface area (Å²) >= 11 is 0. The van der Waals surface area contributed by atoms with Gasteiger partial charge in [0.25, 0.3) is 10.0 Å². The van der Waals surface area contributed by atoms with Crippen LogP contribution in [0, 0.1) is 6.92 Å². The molecule has 7 nitrogen and oxygen atoms in total. The van der Waals surface area contributed by atoms with Gasteiger partial charge in [-0.1, -0.05) is 0 Å². The van der Waals surface area contributed by atoms with Crippen molar-refractivity contribution in [3.63, 3.8) is 0 Å². The van der Waals surface area contributed by atoms with Crippen LogP contribution in [-0.4, -0.2) is 32.4 Å². The van der Waals surface area contributed by atoms with Crippen molar-refractivity contribution in [2.75, 3.05) is 18.9 Å². The lowest BCUT2D eigenvalue weighted by Crippen LogP contribution is -2.15. The van der Waals surface area contributed by atoms with E-state index in [1.807, 2.05) is 6.92 Å². The van der Waals surface area contributed by atoms with Gasteiger partial charge in [0.15, 0.2) is 0 Å². The van der Waals surface area contributed by atoms with Gasteiger partial charge in [0.2, 0.25) is 0 Å². The molecule has 0 aliphatic carbocycles. The van der Waals surface area contributed by atoms with Crippen molar-refractivity contribution < 1.29 is 17.9 Å². The van der Waals surface area contributed by atoms with E-state index in [0.29, 0.717) is 18.0 Å². The maximum Gasteiger partial charge on any atom is 0.265 e. The number of sulfonamides is 1. The number of aryl methyl sites for hydroxylation is 1. The second kappa shape index (κ2) is 6.27. The molecule has 0 aliphatic heterocycles. The Labute approximate surface area is 129 Å². The van der Waals surface area contributed by atoms with Crippen LogP contribution in [0.3, 0.4) is 0 Å². The highest BCUT2D eigenvalue weighted by Gasteiger charge is 2.22. The number of nitrogens with zero attached hydrogens (tertiary/aromatic N) is 2. The smallest absolute Gasteiger partial charge is 0.265 e. The molecule has 0 spiro atoms. The first-order chi connectivity index (χ1) is 10.4. The lowest BCUT2D eigenvalue weighted by Gasteiger charge is -2.12. The van der Waals surface area contributed by atoms with Crippen molar-refractivity contribution >= 4 is 15.7 Å². The highest BCUT2D eigenvalue weighted by atomic mass is 32.2. The lowest BCUT2D eigenvalue weighted by atomic mass is 10.3. The van der Waals surface area contributed by atoms with Gasteiger partial charge in [-0.15, -0.1) is 0 Å². The summed E-state index contributed by atoms with van der Waals surface area (Å²) in [6.45, 7) is 4.40. The molecule has 1 aromatic heterocycles. The molecule has 1 aromatic carbocycles. The van der Waals surface area contributed by atoms with E-state index >= 15 is 0 Å². The van der Waals surface area contributed by atoms with Crippen molar-refractivity contribution in [2.24, 2.45) is 0 Å². The first-order valence-electron chi connectivity index (χ1n) is 6.70. The minimum atomic E-state index is -3.81. The second-order valence-electron chi connectivity index (χ2n) is 4.58. The van der Waals surface area contributed by atoms with E-state index in [1.54, 1.807) is 23.7 Å². The Balaban J connectivity index is 2.43. The Morgan fingerprint density at radius 2 is 2.00 bits per heavy atom. The fourth-order valence-electron chi connectivity index (χ4n) is 2.06. The fourth-order valence-corrected chi connectivity index (χ4v) is 3.35. The van der Waals surface area contributed by atoms with Crippen molar-refractivity contribution in [3.05, 3.63) is 30.1 Å². The third-order valence-corrected chi connectivity index (χ3v) is 4.69. The van der Waals surface area contributed by atoms with E-state index in [9.17, 15) is 8.42 Å². The Bertz CT molecular complexity index is 768. The van der Waals surface area contributed by atoms with Gasteiger partial charge >= 0.3 is 0 Å². The van der Waals surface area contributed by atoms with Crippen LogP contribution in [0.2, 0.25) is 0 Å². The number of hydrogen-bond donors (Lipinski definition) is 1. The van der Waals surface area contributed by atoms with Crippen LogP contribution in [0.15, 0.2) is 29.3 Å². The number of ether oxygens (including phenoxy) is 2. The third-order valence-electron chi connectivity index (χ3n) is 3.31. The Kier molecular flexibility index (Phi) is 4.60. The summed E-state index contributed by atoms with van der Waals surface area (Å²) in [4.78, 5) is 0.0120. The van der Waals surface area contributed by atoms with Crippen LogP contribution in [0.4, 0.5) is 5.69 Å². The van der Waals surface area contributed by atoms with Gasteiger partial charge in [0.1, 0.15) is 16.4 Å². The summed E-state index contributed by atoms with van der Waals surface area (Å²) in [6, 6.07) is 4.61. The summed E-state index contributed by atoms with van der Waals surface area (Å²) < 4.78 is 39.7. The Hall–Kier alpha value is -2.22. The second-order valence-corrected chi connectivity index (χ2v) is 6.23. The Morgan fingerprint density at radius 1 is 1.27 bits per heavy atom. The maximum atomic E-state index is 12.6. The van der Waals surface area contributed by atoms with Crippen molar-refractivity contribution in [1.29, 1.82) is 0 Å². The summed E-state index contributed by atoms with van der Waals surface area (Å²) in [7, 11) is -0.923. The fraction of sp³-hybridized carbons (Fsp3) is 0.357. The molecule has 0 aliphatic rings. The zero-order chi connectivity index (χ0) is 16.3. The zero-order valence-electron chi connectivity index (χ0n) is 13.0. The molecule has 0 unspecified atom stereocenters. The minimum absolute atomic E-state index is 0.0120. The van der Waals surface area contributed by atoms with Gasteiger partial charge in [0.05, 0.1) is 31.8 Å². The lowest BCUT2D eigenvalue weighted by molar-refractivity contribution is 0.392. The number of anilines is 1. The van der Waals surface area contributed by atoms with E-state index < -0.39 is 10.0 Å². The minimum Gasteiger partial charge on any atom is -0.497 e. The van der Waals surface area contributed by atoms with Gasteiger partial charge in [0, 0.05) is 12.6 Å². The van der Waals surface area contributed by atoms with Crippen LogP contribution in [0.1, 0.15) is 12.6 Å². The van der Waals surface area contributed by atoms with Crippen molar-refractivity contribution in [1.82, 2.24) is 9.78 Å². The molecule has 1 N–H and O–H groups in total. The quantitative estimate of drug-likeness (QED) is 0.878. The molecular weight excluding hydrogens is 306 g/mol. The standard InChI is InChI=1S/C14H19N3O4S/c1-5-17-10(2)12(9-15-17)16-22(18,19)14-8-11(20-3)6-7-13(14)21-4/h6-9,16H,5H2,1-4H3. The van der Waals surface area contributed by atoms with Crippen LogP contribution >= 0.6 is 0 Å². The average molecular weight is 325 g/mol. The number of nitrogens with one attached hydrogen (secondary N) is 1. The largest absolute Gasteiger partial charge is 0.497 e. The highest BCUT2D eigenvalue weighted by Crippen LogP contribution is 2.30. The molecular formula is C14H19N3O4S. The normalized spacial score (nSPS) is 11.3. The van der Waals surface area contributed by atoms with E-state index in [1.165, 1.54) is 26.5 Å². The molecule has 0 amide bonds. The van der Waals surface area contributed by atoms with E-state index in [4.69, 9.17) is 9.47 Å². The third kappa shape index (κ3) is 3.01. The number of methoxy groups -OCH3 is 2. The zero-order valence-corrected chi connectivity index (χ0v) is 13.8. The van der Waals surface area contributed by atoms with Crippen LogP contribution in [0.5, 0.6) is 11.5 Å². The van der Waals surface area contributed by atoms with Gasteiger partial charge in [-0.3, -0.25) is 9.40 Å². The predicted octanol–water partition coefficient (Wildman–Crippen LogP) is 2.03. The number of hydrogen-bond acceptors (Lipinski definition) is 5. The summed E-state index contributed by atoms with van der Waals surface area (Å²) in [5.74, 6) is 0.677. The summed E-state index contributed by atoms with van der Waals surface area (Å²) in [5.41, 5.74) is 1.18. The van der Waals surface area contributed by atoms with Gasteiger partial charge in [-0.25, -0.2) is 8.42 Å². The highest BCUT2D eigenvalue weighted by molar-refractivity contribution is 7.92. The first-order valence-corrected chi connectivity index (χ1v) is 8.18. The molecule has 8 heteroatoms. The first kappa shape index (κ1) is 16.2. The molecule has 22 heavy (non-hydrogen) atoms. The summed E-state index contributed by atoms with van der Waals surface area (Å²) in [5, 5.41) is 4.12. The molecule has 0 saturated carbocycles. The Morgan fingerprint density at radius 3 is 2.55 bits per heavy atom. The van der Waals surface area contributed by atoms with Gasteiger partial charge in [-0.05, 0) is 26.0 Å². The monoisotopic (exact) mass is 325 g/mol. The van der Waals surface area contributed by atoms with E-state index in [-0.39, 0.29) is 10.6 Å². The van der Waals surface area contributed by atoms with Gasteiger partial charge < -0.3 is 9.47 Å². The SMILES string of the molecule is CCn1ncc(NS(=O)(=O)c2cc(OC)ccc2OC)c1C. The number of aromatic nitrogens is 2.